The van der Waals surface area contributed by atoms with Crippen LogP contribution < -0.4 is 5.73 Å². The molecular formula is C15H23N3O. The number of rotatable bonds is 3. The molecule has 1 saturated heterocycles. The number of nitrogens with two attached hydrogens (primary N) is 1. The third kappa shape index (κ3) is 2.91. The Labute approximate surface area is 115 Å². The molecule has 0 spiro atoms. The van der Waals surface area contributed by atoms with Gasteiger partial charge in [0.25, 0.3) is 0 Å². The van der Waals surface area contributed by atoms with E-state index in [1.807, 2.05) is 6.07 Å². The molecule has 2 aliphatic heterocycles. The minimum Gasteiger partial charge on any atom is -0.399 e. The molecule has 1 unspecified atom stereocenters. The van der Waals surface area contributed by atoms with E-state index in [-0.39, 0.29) is 0 Å². The minimum absolute atomic E-state index is 0.576. The van der Waals surface area contributed by atoms with E-state index in [9.17, 15) is 0 Å². The molecule has 0 aromatic heterocycles. The normalized spacial score (nSPS) is 22.4. The van der Waals surface area contributed by atoms with Crippen molar-refractivity contribution in [1.82, 2.24) is 9.80 Å². The number of morpholine rings is 1. The van der Waals surface area contributed by atoms with Crippen LogP contribution in [0.2, 0.25) is 0 Å². The van der Waals surface area contributed by atoms with Gasteiger partial charge in [-0.2, -0.15) is 0 Å². The van der Waals surface area contributed by atoms with Crippen molar-refractivity contribution < 1.29 is 4.74 Å². The number of ether oxygens (including phenoxy) is 1. The van der Waals surface area contributed by atoms with Crippen molar-refractivity contribution in [2.24, 2.45) is 0 Å². The molecule has 0 saturated carbocycles. The van der Waals surface area contributed by atoms with Gasteiger partial charge in [0.1, 0.15) is 0 Å². The number of anilines is 1. The number of hydrogen-bond donors (Lipinski definition) is 1. The van der Waals surface area contributed by atoms with E-state index in [2.05, 4.69) is 28.9 Å². The monoisotopic (exact) mass is 261 g/mol. The Morgan fingerprint density at radius 2 is 1.95 bits per heavy atom. The van der Waals surface area contributed by atoms with Crippen LogP contribution in [-0.2, 0) is 17.8 Å². The van der Waals surface area contributed by atoms with Crippen LogP contribution in [0.15, 0.2) is 18.2 Å². The molecule has 1 atom stereocenters. The summed E-state index contributed by atoms with van der Waals surface area (Å²) in [5.41, 5.74) is 9.57. The summed E-state index contributed by atoms with van der Waals surface area (Å²) >= 11 is 0. The highest BCUT2D eigenvalue weighted by molar-refractivity contribution is 5.46. The second-order valence-corrected chi connectivity index (χ2v) is 5.70. The summed E-state index contributed by atoms with van der Waals surface area (Å²) in [4.78, 5) is 5.05. The summed E-state index contributed by atoms with van der Waals surface area (Å²) in [7, 11) is 0. The van der Waals surface area contributed by atoms with Gasteiger partial charge in [-0.1, -0.05) is 6.07 Å². The predicted molar refractivity (Wildman–Crippen MR) is 76.8 cm³/mol. The van der Waals surface area contributed by atoms with Crippen LogP contribution in [0.4, 0.5) is 5.69 Å². The molecule has 4 nitrogen and oxygen atoms in total. The summed E-state index contributed by atoms with van der Waals surface area (Å²) in [6.45, 7) is 9.44. The SMILES string of the molecule is CC(CN1CCOCC1)N1Cc2ccc(N)cc2C1. The maximum Gasteiger partial charge on any atom is 0.0594 e. The molecule has 2 heterocycles. The van der Waals surface area contributed by atoms with E-state index in [0.29, 0.717) is 6.04 Å². The molecule has 2 aliphatic rings. The summed E-state index contributed by atoms with van der Waals surface area (Å²) < 4.78 is 5.40. The molecule has 3 rings (SSSR count). The molecule has 0 aliphatic carbocycles. The van der Waals surface area contributed by atoms with Crippen LogP contribution in [0, 0.1) is 0 Å². The van der Waals surface area contributed by atoms with Gasteiger partial charge in [-0.3, -0.25) is 9.80 Å². The maximum absolute atomic E-state index is 5.86. The zero-order valence-corrected chi connectivity index (χ0v) is 11.6. The Hall–Kier alpha value is -1.10. The van der Waals surface area contributed by atoms with Crippen LogP contribution in [0.5, 0.6) is 0 Å². The van der Waals surface area contributed by atoms with Crippen molar-refractivity contribution in [2.75, 3.05) is 38.6 Å². The lowest BCUT2D eigenvalue weighted by Gasteiger charge is -2.32. The number of benzene rings is 1. The second-order valence-electron chi connectivity index (χ2n) is 5.70. The summed E-state index contributed by atoms with van der Waals surface area (Å²) in [5, 5.41) is 0. The fourth-order valence-corrected chi connectivity index (χ4v) is 3.03. The molecule has 0 radical (unpaired) electrons. The first-order valence-electron chi connectivity index (χ1n) is 7.14. The topological polar surface area (TPSA) is 41.7 Å². The average molecular weight is 261 g/mol. The lowest BCUT2D eigenvalue weighted by molar-refractivity contribution is 0.0240. The molecule has 1 aromatic rings. The van der Waals surface area contributed by atoms with Gasteiger partial charge in [0.05, 0.1) is 13.2 Å². The Balaban J connectivity index is 1.59. The minimum atomic E-state index is 0.576. The lowest BCUT2D eigenvalue weighted by Crippen LogP contribution is -2.44. The quantitative estimate of drug-likeness (QED) is 0.833. The van der Waals surface area contributed by atoms with Gasteiger partial charge in [0.15, 0.2) is 0 Å². The average Bonchev–Trinajstić information content (AvgIpc) is 2.83. The molecule has 1 aromatic carbocycles. The van der Waals surface area contributed by atoms with E-state index in [1.165, 1.54) is 11.1 Å². The van der Waals surface area contributed by atoms with Crippen molar-refractivity contribution in [3.05, 3.63) is 29.3 Å². The largest absolute Gasteiger partial charge is 0.399 e. The number of fused-ring (bicyclic) bond motifs is 1. The molecule has 0 bridgehead atoms. The summed E-state index contributed by atoms with van der Waals surface area (Å²) in [5.74, 6) is 0. The first-order chi connectivity index (χ1) is 9.22. The van der Waals surface area contributed by atoms with Gasteiger partial charge in [-0.05, 0) is 30.2 Å². The molecular weight excluding hydrogens is 238 g/mol. The van der Waals surface area contributed by atoms with Crippen LogP contribution in [-0.4, -0.2) is 48.7 Å². The van der Waals surface area contributed by atoms with Crippen LogP contribution in [0.25, 0.3) is 0 Å². The first kappa shape index (κ1) is 12.9. The second kappa shape index (κ2) is 5.49. The Bertz CT molecular complexity index is 443. The van der Waals surface area contributed by atoms with Crippen LogP contribution >= 0.6 is 0 Å². The van der Waals surface area contributed by atoms with Crippen molar-refractivity contribution in [1.29, 1.82) is 0 Å². The lowest BCUT2D eigenvalue weighted by atomic mass is 10.1. The molecule has 4 heteroatoms. The maximum atomic E-state index is 5.86. The van der Waals surface area contributed by atoms with Crippen LogP contribution in [0.3, 0.4) is 0 Å². The number of nitrogens with zero attached hydrogens (tertiary/aromatic N) is 2. The molecule has 2 N–H and O–H groups in total. The first-order valence-corrected chi connectivity index (χ1v) is 7.14. The third-order valence-corrected chi connectivity index (χ3v) is 4.23. The van der Waals surface area contributed by atoms with E-state index < -0.39 is 0 Å². The van der Waals surface area contributed by atoms with E-state index in [1.54, 1.807) is 0 Å². The highest BCUT2D eigenvalue weighted by Gasteiger charge is 2.25. The van der Waals surface area contributed by atoms with Crippen molar-refractivity contribution >= 4 is 5.69 Å². The van der Waals surface area contributed by atoms with E-state index >= 15 is 0 Å². The van der Waals surface area contributed by atoms with Crippen molar-refractivity contribution in [3.63, 3.8) is 0 Å². The molecule has 104 valence electrons. The molecule has 1 fully saturated rings. The highest BCUT2D eigenvalue weighted by Crippen LogP contribution is 2.26. The molecule has 19 heavy (non-hydrogen) atoms. The highest BCUT2D eigenvalue weighted by atomic mass is 16.5. The Morgan fingerprint density at radius 3 is 2.74 bits per heavy atom. The Morgan fingerprint density at radius 1 is 1.21 bits per heavy atom. The van der Waals surface area contributed by atoms with Gasteiger partial charge in [0, 0.05) is 44.5 Å². The Kier molecular flexibility index (Phi) is 3.73. The summed E-state index contributed by atoms with van der Waals surface area (Å²) in [6.07, 6.45) is 0. The summed E-state index contributed by atoms with van der Waals surface area (Å²) in [6, 6.07) is 6.88. The number of hydrogen-bond acceptors (Lipinski definition) is 4. The van der Waals surface area contributed by atoms with Gasteiger partial charge in [-0.25, -0.2) is 0 Å². The number of nitrogen functional groups attached to an aromatic ring is 1. The van der Waals surface area contributed by atoms with Crippen molar-refractivity contribution in [3.8, 4) is 0 Å². The predicted octanol–water partition coefficient (Wildman–Crippen LogP) is 1.31. The molecule has 0 amide bonds. The van der Waals surface area contributed by atoms with Gasteiger partial charge in [-0.15, -0.1) is 0 Å². The van der Waals surface area contributed by atoms with Crippen LogP contribution in [0.1, 0.15) is 18.1 Å². The fourth-order valence-electron chi connectivity index (χ4n) is 3.03. The van der Waals surface area contributed by atoms with E-state index in [4.69, 9.17) is 10.5 Å². The van der Waals surface area contributed by atoms with Gasteiger partial charge in [0.2, 0.25) is 0 Å². The third-order valence-electron chi connectivity index (χ3n) is 4.23. The smallest absolute Gasteiger partial charge is 0.0594 e. The van der Waals surface area contributed by atoms with Gasteiger partial charge >= 0.3 is 0 Å². The zero-order chi connectivity index (χ0) is 13.2. The standard InChI is InChI=1S/C15H23N3O/c1-12(9-17-4-6-19-7-5-17)18-10-13-2-3-15(16)8-14(13)11-18/h2-3,8,12H,4-7,9-11,16H2,1H3. The van der Waals surface area contributed by atoms with E-state index in [0.717, 1.165) is 51.6 Å². The van der Waals surface area contributed by atoms with Crippen molar-refractivity contribution in [2.45, 2.75) is 26.1 Å². The fraction of sp³-hybridized carbons (Fsp3) is 0.600. The van der Waals surface area contributed by atoms with Gasteiger partial charge < -0.3 is 10.5 Å². The zero-order valence-electron chi connectivity index (χ0n) is 11.6.